The van der Waals surface area contributed by atoms with Gasteiger partial charge in [0.2, 0.25) is 0 Å². The first kappa shape index (κ1) is 28.9. The number of nitrogens with one attached hydrogen (secondary N) is 3. The van der Waals surface area contributed by atoms with E-state index in [2.05, 4.69) is 16.0 Å². The van der Waals surface area contributed by atoms with Crippen LogP contribution in [0, 0.1) is 0 Å². The summed E-state index contributed by atoms with van der Waals surface area (Å²) in [5.74, 6) is 0. The molecule has 0 saturated carbocycles. The molecule has 0 heterocycles. The van der Waals surface area contributed by atoms with Crippen LogP contribution in [0.4, 0.5) is 0 Å². The van der Waals surface area contributed by atoms with Crippen LogP contribution in [0.25, 0.3) is 0 Å². The molecule has 10 heteroatoms. The fourth-order valence-corrected chi connectivity index (χ4v) is 0.648. The minimum absolute atomic E-state index is 0. The summed E-state index contributed by atoms with van der Waals surface area (Å²) < 4.78 is 0. The van der Waals surface area contributed by atoms with Crippen molar-refractivity contribution in [2.24, 2.45) is 17.2 Å². The van der Waals surface area contributed by atoms with Gasteiger partial charge in [-0.25, -0.2) is 0 Å². The zero-order valence-electron chi connectivity index (χ0n) is 12.8. The van der Waals surface area contributed by atoms with Gasteiger partial charge in [0.25, 0.3) is 0 Å². The number of aliphatic hydroxyl groups excluding tert-OH is 3. The maximum atomic E-state index is 8.16. The zero-order chi connectivity index (χ0) is 16.6. The Morgan fingerprint density at radius 2 is 0.818 bits per heavy atom. The van der Waals surface area contributed by atoms with Gasteiger partial charge < -0.3 is 48.5 Å². The molecule has 0 unspecified atom stereocenters. The predicted molar refractivity (Wildman–Crippen MR) is 85.2 cm³/mol. The number of hydrogen-bond acceptors (Lipinski definition) is 9. The van der Waals surface area contributed by atoms with Crippen molar-refractivity contribution >= 4 is 0 Å². The van der Waals surface area contributed by atoms with E-state index in [4.69, 9.17) is 32.5 Å². The molecule has 0 aliphatic rings. The first-order valence-electron chi connectivity index (χ1n) is 6.38. The molecule has 9 nitrogen and oxygen atoms in total. The van der Waals surface area contributed by atoms with Crippen molar-refractivity contribution < 1.29 is 41.5 Å². The molecule has 0 amide bonds. The van der Waals surface area contributed by atoms with Crippen LogP contribution in [0.15, 0.2) is 37.2 Å². The summed E-state index contributed by atoms with van der Waals surface area (Å²) in [6.45, 7) is 2.12. The molecule has 0 bridgehead atoms. The minimum atomic E-state index is 0. The van der Waals surface area contributed by atoms with Gasteiger partial charge in [0, 0.05) is 83.0 Å². The second-order valence-electron chi connectivity index (χ2n) is 3.11. The summed E-state index contributed by atoms with van der Waals surface area (Å²) in [6, 6.07) is 0. The van der Waals surface area contributed by atoms with Gasteiger partial charge in [-0.1, -0.05) is 0 Å². The molecule has 0 aliphatic carbocycles. The molecule has 0 aromatic heterocycles. The molecule has 0 rings (SSSR count). The van der Waals surface area contributed by atoms with E-state index in [1.807, 2.05) is 0 Å². The summed E-state index contributed by atoms with van der Waals surface area (Å²) in [5, 5.41) is 32.7. The number of hydrogen-bond donors (Lipinski definition) is 9. The van der Waals surface area contributed by atoms with Gasteiger partial charge in [-0.2, -0.15) is 0 Å². The molecule has 0 aromatic carbocycles. The third-order valence-electron chi connectivity index (χ3n) is 1.41. The van der Waals surface area contributed by atoms with Crippen molar-refractivity contribution in [1.82, 2.24) is 16.0 Å². The third kappa shape index (κ3) is 51.1. The van der Waals surface area contributed by atoms with Gasteiger partial charge in [0.1, 0.15) is 0 Å². The minimum Gasteiger partial charge on any atom is -0.403 e. The van der Waals surface area contributed by atoms with Gasteiger partial charge in [-0.3, -0.25) is 0 Å². The monoisotopic (exact) mass is 396 g/mol. The van der Waals surface area contributed by atoms with Crippen molar-refractivity contribution in [3.05, 3.63) is 37.2 Å². The Labute approximate surface area is 151 Å². The SMILES string of the molecule is NC=CNCCO.NC=CNCCO.NC=CNCCO.[Zr]. The average Bonchev–Trinajstić information content (AvgIpc) is 2.50. The van der Waals surface area contributed by atoms with Crippen molar-refractivity contribution in [3.8, 4) is 0 Å². The first-order valence-corrected chi connectivity index (χ1v) is 6.38. The van der Waals surface area contributed by atoms with Crippen LogP contribution < -0.4 is 33.2 Å². The molecular formula is C12H30N6O3Zr. The van der Waals surface area contributed by atoms with E-state index in [-0.39, 0.29) is 46.0 Å². The zero-order valence-corrected chi connectivity index (χ0v) is 15.2. The molecule has 12 N–H and O–H groups in total. The largest absolute Gasteiger partial charge is 0.403 e. The first-order chi connectivity index (χ1) is 10.2. The van der Waals surface area contributed by atoms with Crippen LogP contribution in [0.2, 0.25) is 0 Å². The van der Waals surface area contributed by atoms with Gasteiger partial charge in [0.15, 0.2) is 0 Å². The number of nitrogens with two attached hydrogens (primary N) is 3. The van der Waals surface area contributed by atoms with Crippen LogP contribution in [0.3, 0.4) is 0 Å². The number of rotatable bonds is 9. The van der Waals surface area contributed by atoms with Gasteiger partial charge in [-0.15, -0.1) is 0 Å². The summed E-state index contributed by atoms with van der Waals surface area (Å²) in [6.07, 6.45) is 8.89. The second kappa shape index (κ2) is 36.7. The Morgan fingerprint density at radius 3 is 0.955 bits per heavy atom. The Morgan fingerprint density at radius 1 is 0.591 bits per heavy atom. The second-order valence-corrected chi connectivity index (χ2v) is 3.11. The quantitative estimate of drug-likeness (QED) is 0.183. The van der Waals surface area contributed by atoms with Crippen LogP contribution in [-0.2, 0) is 26.2 Å². The Balaban J connectivity index is -0.000000108. The van der Waals surface area contributed by atoms with E-state index in [0.717, 1.165) is 0 Å². The number of aliphatic hydroxyl groups is 3. The summed E-state index contributed by atoms with van der Waals surface area (Å²) in [7, 11) is 0. The van der Waals surface area contributed by atoms with Crippen molar-refractivity contribution in [3.63, 3.8) is 0 Å². The fourth-order valence-electron chi connectivity index (χ4n) is 0.648. The maximum Gasteiger partial charge on any atom is 0.0603 e. The van der Waals surface area contributed by atoms with E-state index in [1.165, 1.54) is 18.6 Å². The van der Waals surface area contributed by atoms with Crippen LogP contribution in [-0.4, -0.2) is 54.8 Å². The third-order valence-corrected chi connectivity index (χ3v) is 1.41. The molecule has 0 atom stereocenters. The van der Waals surface area contributed by atoms with Crippen molar-refractivity contribution in [2.75, 3.05) is 39.5 Å². The van der Waals surface area contributed by atoms with Gasteiger partial charge >= 0.3 is 0 Å². The van der Waals surface area contributed by atoms with E-state index >= 15 is 0 Å². The molecule has 0 saturated heterocycles. The average molecular weight is 398 g/mol. The summed E-state index contributed by atoms with van der Waals surface area (Å²) in [5.41, 5.74) is 14.8. The van der Waals surface area contributed by atoms with Gasteiger partial charge in [0.05, 0.1) is 19.8 Å². The summed E-state index contributed by atoms with van der Waals surface area (Å²) in [4.78, 5) is 0. The molecular weight excluding hydrogens is 367 g/mol. The van der Waals surface area contributed by atoms with E-state index in [1.54, 1.807) is 18.6 Å². The van der Waals surface area contributed by atoms with E-state index in [0.29, 0.717) is 19.6 Å². The molecule has 0 spiro atoms. The van der Waals surface area contributed by atoms with Crippen LogP contribution in [0.1, 0.15) is 0 Å². The molecule has 0 fully saturated rings. The Kier molecular flexibility index (Phi) is 48.2. The van der Waals surface area contributed by atoms with Gasteiger partial charge in [-0.05, 0) is 0 Å². The molecule has 130 valence electrons. The summed E-state index contributed by atoms with van der Waals surface area (Å²) >= 11 is 0. The Hall–Kier alpha value is -1.22. The van der Waals surface area contributed by atoms with E-state index in [9.17, 15) is 0 Å². The van der Waals surface area contributed by atoms with Crippen LogP contribution in [0.5, 0.6) is 0 Å². The van der Waals surface area contributed by atoms with Crippen LogP contribution >= 0.6 is 0 Å². The molecule has 0 radical (unpaired) electrons. The predicted octanol–water partition coefficient (Wildman–Crippen LogP) is -3.01. The van der Waals surface area contributed by atoms with Crippen molar-refractivity contribution in [2.45, 2.75) is 0 Å². The Bertz CT molecular complexity index is 205. The maximum absolute atomic E-state index is 8.16. The molecule has 0 aromatic rings. The molecule has 0 aliphatic heterocycles. The standard InChI is InChI=1S/3C4H10N2O.Zr/c3*5-1-2-6-3-4-7;/h3*1-2,6-7H,3-5H2;. The molecule has 22 heavy (non-hydrogen) atoms. The topological polar surface area (TPSA) is 175 Å². The smallest absolute Gasteiger partial charge is 0.0603 e. The normalized spacial score (nSPS) is 9.41. The van der Waals surface area contributed by atoms with E-state index < -0.39 is 0 Å². The fraction of sp³-hybridized carbons (Fsp3) is 0.500. The van der Waals surface area contributed by atoms with Crippen molar-refractivity contribution in [1.29, 1.82) is 0 Å².